The Morgan fingerprint density at radius 2 is 1.67 bits per heavy atom. The average Bonchev–Trinajstić information content (AvgIpc) is 2.68. The standard InChI is InChI=1S/C20H30N2O4S/c1-3-4-5-6-7-11-20(24)21-12-14-22(15-13-21)27(25,26)19-10-8-9-18(16-19)17(2)23/h8-10,16H,3-7,11-15H2,1-2H3. The molecule has 27 heavy (non-hydrogen) atoms. The summed E-state index contributed by atoms with van der Waals surface area (Å²) in [6.07, 6.45) is 6.05. The Kier molecular flexibility index (Phi) is 7.98. The molecule has 0 aromatic heterocycles. The van der Waals surface area contributed by atoms with Crippen LogP contribution in [0.4, 0.5) is 0 Å². The summed E-state index contributed by atoms with van der Waals surface area (Å²) in [5, 5.41) is 0. The van der Waals surface area contributed by atoms with Gasteiger partial charge in [0.1, 0.15) is 0 Å². The van der Waals surface area contributed by atoms with Gasteiger partial charge in [0.15, 0.2) is 5.78 Å². The van der Waals surface area contributed by atoms with E-state index in [4.69, 9.17) is 0 Å². The van der Waals surface area contributed by atoms with E-state index in [1.807, 2.05) is 0 Å². The number of amides is 1. The lowest BCUT2D eigenvalue weighted by molar-refractivity contribution is -0.132. The lowest BCUT2D eigenvalue weighted by atomic mass is 10.1. The fourth-order valence-electron chi connectivity index (χ4n) is 3.24. The van der Waals surface area contributed by atoms with Crippen molar-refractivity contribution in [2.75, 3.05) is 26.2 Å². The molecule has 1 amide bonds. The van der Waals surface area contributed by atoms with Gasteiger partial charge in [-0.25, -0.2) is 8.42 Å². The second-order valence-corrected chi connectivity index (χ2v) is 8.97. The van der Waals surface area contributed by atoms with Gasteiger partial charge in [-0.15, -0.1) is 0 Å². The number of hydrogen-bond acceptors (Lipinski definition) is 4. The van der Waals surface area contributed by atoms with Crippen LogP contribution >= 0.6 is 0 Å². The molecule has 2 rings (SSSR count). The van der Waals surface area contributed by atoms with Crippen LogP contribution in [-0.2, 0) is 14.8 Å². The third kappa shape index (κ3) is 5.87. The Labute approximate surface area is 162 Å². The largest absolute Gasteiger partial charge is 0.340 e. The van der Waals surface area contributed by atoms with Crippen molar-refractivity contribution in [3.05, 3.63) is 29.8 Å². The highest BCUT2D eigenvalue weighted by molar-refractivity contribution is 7.89. The van der Waals surface area contributed by atoms with Gasteiger partial charge >= 0.3 is 0 Å². The molecule has 0 bridgehead atoms. The number of nitrogens with zero attached hydrogens (tertiary/aromatic N) is 2. The Balaban J connectivity index is 1.90. The summed E-state index contributed by atoms with van der Waals surface area (Å²) in [7, 11) is -3.65. The number of piperazine rings is 1. The maximum absolute atomic E-state index is 12.8. The second-order valence-electron chi connectivity index (χ2n) is 7.03. The van der Waals surface area contributed by atoms with E-state index in [-0.39, 0.29) is 29.7 Å². The van der Waals surface area contributed by atoms with Crippen LogP contribution in [-0.4, -0.2) is 55.5 Å². The summed E-state index contributed by atoms with van der Waals surface area (Å²) in [4.78, 5) is 25.7. The van der Waals surface area contributed by atoms with Crippen LogP contribution in [0.2, 0.25) is 0 Å². The molecule has 1 aromatic carbocycles. The zero-order valence-electron chi connectivity index (χ0n) is 16.3. The van der Waals surface area contributed by atoms with Crippen LogP contribution in [0.5, 0.6) is 0 Å². The van der Waals surface area contributed by atoms with Crippen LogP contribution in [0.25, 0.3) is 0 Å². The zero-order valence-corrected chi connectivity index (χ0v) is 17.1. The molecule has 6 nitrogen and oxygen atoms in total. The van der Waals surface area contributed by atoms with Gasteiger partial charge in [0.25, 0.3) is 0 Å². The molecule has 0 spiro atoms. The fraction of sp³-hybridized carbons (Fsp3) is 0.600. The van der Waals surface area contributed by atoms with E-state index in [0.717, 1.165) is 19.3 Å². The maximum Gasteiger partial charge on any atom is 0.243 e. The third-order valence-electron chi connectivity index (χ3n) is 4.96. The highest BCUT2D eigenvalue weighted by Crippen LogP contribution is 2.19. The lowest BCUT2D eigenvalue weighted by Crippen LogP contribution is -2.50. The number of unbranched alkanes of at least 4 members (excludes halogenated alkanes) is 4. The minimum Gasteiger partial charge on any atom is -0.340 e. The maximum atomic E-state index is 12.8. The van der Waals surface area contributed by atoms with Gasteiger partial charge in [0, 0.05) is 38.2 Å². The molecular formula is C20H30N2O4S. The van der Waals surface area contributed by atoms with Crippen LogP contribution in [0.1, 0.15) is 62.7 Å². The van der Waals surface area contributed by atoms with Crippen molar-refractivity contribution in [1.82, 2.24) is 9.21 Å². The normalized spacial score (nSPS) is 15.7. The molecule has 1 aliphatic heterocycles. The minimum absolute atomic E-state index is 0.113. The Hall–Kier alpha value is -1.73. The summed E-state index contributed by atoms with van der Waals surface area (Å²) in [5.74, 6) is -0.0523. The first-order valence-corrected chi connectivity index (χ1v) is 11.2. The van der Waals surface area contributed by atoms with Crippen LogP contribution in [0, 0.1) is 0 Å². The molecule has 0 N–H and O–H groups in total. The van der Waals surface area contributed by atoms with Crippen molar-refractivity contribution in [2.45, 2.75) is 57.3 Å². The smallest absolute Gasteiger partial charge is 0.243 e. The predicted octanol–water partition coefficient (Wildman–Crippen LogP) is 3.08. The lowest BCUT2D eigenvalue weighted by Gasteiger charge is -2.34. The van der Waals surface area contributed by atoms with Crippen LogP contribution in [0.15, 0.2) is 29.2 Å². The van der Waals surface area contributed by atoms with Crippen LogP contribution < -0.4 is 0 Å². The first-order valence-electron chi connectivity index (χ1n) is 9.75. The highest BCUT2D eigenvalue weighted by atomic mass is 32.2. The quantitative estimate of drug-likeness (QED) is 0.476. The van der Waals surface area contributed by atoms with Crippen molar-refractivity contribution >= 4 is 21.7 Å². The first-order chi connectivity index (χ1) is 12.9. The molecule has 0 atom stereocenters. The fourth-order valence-corrected chi connectivity index (χ4v) is 4.71. The molecule has 150 valence electrons. The number of sulfonamides is 1. The Morgan fingerprint density at radius 1 is 1.00 bits per heavy atom. The van der Waals surface area contributed by atoms with Gasteiger partial charge < -0.3 is 4.90 Å². The number of carbonyl (C=O) groups is 2. The van der Waals surface area contributed by atoms with Gasteiger partial charge in [-0.2, -0.15) is 4.31 Å². The SMILES string of the molecule is CCCCCCCC(=O)N1CCN(S(=O)(=O)c2cccc(C(C)=O)c2)CC1. The van der Waals surface area contributed by atoms with Gasteiger partial charge in [-0.05, 0) is 25.5 Å². The van der Waals surface area contributed by atoms with Crippen molar-refractivity contribution in [1.29, 1.82) is 0 Å². The Morgan fingerprint density at radius 3 is 2.30 bits per heavy atom. The number of carbonyl (C=O) groups excluding carboxylic acids is 2. The second kappa shape index (κ2) is 9.99. The summed E-state index contributed by atoms with van der Waals surface area (Å²) in [6, 6.07) is 6.13. The zero-order chi connectivity index (χ0) is 19.9. The first kappa shape index (κ1) is 21.6. The monoisotopic (exact) mass is 394 g/mol. The number of Topliss-reactive ketones (excluding diaryl/α,β-unsaturated/α-hetero) is 1. The minimum atomic E-state index is -3.65. The molecule has 1 fully saturated rings. The predicted molar refractivity (Wildman–Crippen MR) is 105 cm³/mol. The molecule has 1 aliphatic rings. The molecule has 7 heteroatoms. The highest BCUT2D eigenvalue weighted by Gasteiger charge is 2.30. The van der Waals surface area contributed by atoms with E-state index in [0.29, 0.717) is 25.1 Å². The summed E-state index contributed by atoms with van der Waals surface area (Å²) < 4.78 is 27.0. The van der Waals surface area contributed by atoms with E-state index in [1.165, 1.54) is 36.2 Å². The van der Waals surface area contributed by atoms with Gasteiger partial charge in [0.2, 0.25) is 15.9 Å². The topological polar surface area (TPSA) is 74.8 Å². The van der Waals surface area contributed by atoms with Gasteiger partial charge in [-0.3, -0.25) is 9.59 Å². The molecule has 1 saturated heterocycles. The molecule has 0 saturated carbocycles. The van der Waals surface area contributed by atoms with E-state index < -0.39 is 10.0 Å². The molecule has 0 unspecified atom stereocenters. The molecular weight excluding hydrogens is 364 g/mol. The summed E-state index contributed by atoms with van der Waals surface area (Å²) in [5.41, 5.74) is 0.382. The van der Waals surface area contributed by atoms with Crippen molar-refractivity contribution < 1.29 is 18.0 Å². The number of benzene rings is 1. The van der Waals surface area contributed by atoms with Crippen molar-refractivity contribution in [3.8, 4) is 0 Å². The number of rotatable bonds is 9. The van der Waals surface area contributed by atoms with E-state index in [1.54, 1.807) is 17.0 Å². The van der Waals surface area contributed by atoms with Crippen LogP contribution in [0.3, 0.4) is 0 Å². The average molecular weight is 395 g/mol. The van der Waals surface area contributed by atoms with Gasteiger partial charge in [-0.1, -0.05) is 44.7 Å². The molecule has 1 heterocycles. The van der Waals surface area contributed by atoms with E-state index in [9.17, 15) is 18.0 Å². The summed E-state index contributed by atoms with van der Waals surface area (Å²) in [6.45, 7) is 4.98. The van der Waals surface area contributed by atoms with Gasteiger partial charge in [0.05, 0.1) is 4.90 Å². The van der Waals surface area contributed by atoms with E-state index >= 15 is 0 Å². The Bertz CT molecular complexity index is 753. The number of hydrogen-bond donors (Lipinski definition) is 0. The molecule has 0 radical (unpaired) electrons. The molecule has 1 aromatic rings. The van der Waals surface area contributed by atoms with Crippen molar-refractivity contribution in [3.63, 3.8) is 0 Å². The van der Waals surface area contributed by atoms with E-state index in [2.05, 4.69) is 6.92 Å². The third-order valence-corrected chi connectivity index (χ3v) is 6.86. The van der Waals surface area contributed by atoms with Crippen molar-refractivity contribution in [2.24, 2.45) is 0 Å². The number of ketones is 1. The summed E-state index contributed by atoms with van der Waals surface area (Å²) >= 11 is 0. The molecule has 0 aliphatic carbocycles.